The second-order valence-electron chi connectivity index (χ2n) is 6.66. The number of amides is 1. The van der Waals surface area contributed by atoms with E-state index in [1.165, 1.54) is 12.1 Å². The van der Waals surface area contributed by atoms with Gasteiger partial charge in [0.05, 0.1) is 4.92 Å². The van der Waals surface area contributed by atoms with Crippen molar-refractivity contribution in [3.63, 3.8) is 0 Å². The third-order valence-corrected chi connectivity index (χ3v) is 4.64. The minimum Gasteiger partial charge on any atom is -0.457 e. The SMILES string of the molecule is O=C(CCC1CCNCC1)Nc1cccc(Oc2ccc([N+](=O)[O-])cc2)c1. The quantitative estimate of drug-likeness (QED) is 0.566. The molecule has 1 fully saturated rings. The maximum Gasteiger partial charge on any atom is 0.269 e. The highest BCUT2D eigenvalue weighted by molar-refractivity contribution is 5.90. The topological polar surface area (TPSA) is 93.5 Å². The van der Waals surface area contributed by atoms with Gasteiger partial charge < -0.3 is 15.4 Å². The van der Waals surface area contributed by atoms with Gasteiger partial charge in [-0.05, 0) is 62.5 Å². The predicted octanol–water partition coefficient (Wildman–Crippen LogP) is 4.11. The smallest absolute Gasteiger partial charge is 0.269 e. The molecule has 1 saturated heterocycles. The summed E-state index contributed by atoms with van der Waals surface area (Å²) in [6.45, 7) is 2.07. The molecule has 2 N–H and O–H groups in total. The molecule has 1 amide bonds. The summed E-state index contributed by atoms with van der Waals surface area (Å²) in [6, 6.07) is 13.0. The third kappa shape index (κ3) is 5.79. The lowest BCUT2D eigenvalue weighted by Gasteiger charge is -2.22. The normalized spacial score (nSPS) is 14.5. The molecule has 142 valence electrons. The average molecular weight is 369 g/mol. The Labute approximate surface area is 157 Å². The lowest BCUT2D eigenvalue weighted by Crippen LogP contribution is -2.28. The van der Waals surface area contributed by atoms with Gasteiger partial charge in [-0.15, -0.1) is 0 Å². The lowest BCUT2D eigenvalue weighted by molar-refractivity contribution is -0.384. The number of anilines is 1. The van der Waals surface area contributed by atoms with E-state index in [-0.39, 0.29) is 11.6 Å². The van der Waals surface area contributed by atoms with Gasteiger partial charge in [-0.2, -0.15) is 0 Å². The summed E-state index contributed by atoms with van der Waals surface area (Å²) in [5.74, 6) is 1.67. The molecule has 1 heterocycles. The maximum absolute atomic E-state index is 12.2. The number of hydrogen-bond donors (Lipinski definition) is 2. The summed E-state index contributed by atoms with van der Waals surface area (Å²) in [5.41, 5.74) is 0.682. The number of carbonyl (C=O) groups is 1. The van der Waals surface area contributed by atoms with Crippen LogP contribution in [0.2, 0.25) is 0 Å². The van der Waals surface area contributed by atoms with E-state index in [0.717, 1.165) is 32.4 Å². The van der Waals surface area contributed by atoms with Crippen LogP contribution in [0.3, 0.4) is 0 Å². The van der Waals surface area contributed by atoms with Crippen molar-refractivity contribution in [3.05, 3.63) is 58.6 Å². The molecule has 7 nitrogen and oxygen atoms in total. The highest BCUT2D eigenvalue weighted by Gasteiger charge is 2.14. The van der Waals surface area contributed by atoms with E-state index in [2.05, 4.69) is 10.6 Å². The zero-order valence-electron chi connectivity index (χ0n) is 15.0. The van der Waals surface area contributed by atoms with E-state index in [9.17, 15) is 14.9 Å². The number of nitro groups is 1. The van der Waals surface area contributed by atoms with Crippen molar-refractivity contribution < 1.29 is 14.5 Å². The molecular formula is C20H23N3O4. The third-order valence-electron chi connectivity index (χ3n) is 4.64. The van der Waals surface area contributed by atoms with E-state index in [4.69, 9.17) is 4.74 Å². The predicted molar refractivity (Wildman–Crippen MR) is 103 cm³/mol. The Morgan fingerprint density at radius 3 is 2.59 bits per heavy atom. The zero-order chi connectivity index (χ0) is 19.1. The molecule has 1 aliphatic rings. The van der Waals surface area contributed by atoms with Crippen LogP contribution in [0.15, 0.2) is 48.5 Å². The number of nitrogens with one attached hydrogen (secondary N) is 2. The van der Waals surface area contributed by atoms with E-state index < -0.39 is 4.92 Å². The van der Waals surface area contributed by atoms with Gasteiger partial charge >= 0.3 is 0 Å². The van der Waals surface area contributed by atoms with Crippen LogP contribution in [0.1, 0.15) is 25.7 Å². The van der Waals surface area contributed by atoms with Crippen molar-refractivity contribution in [2.75, 3.05) is 18.4 Å². The Balaban J connectivity index is 1.53. The molecule has 2 aromatic carbocycles. The maximum atomic E-state index is 12.2. The number of nitro benzene ring substituents is 1. The largest absolute Gasteiger partial charge is 0.457 e. The van der Waals surface area contributed by atoms with Crippen LogP contribution < -0.4 is 15.4 Å². The Morgan fingerprint density at radius 2 is 1.89 bits per heavy atom. The van der Waals surface area contributed by atoms with Crippen molar-refractivity contribution in [2.24, 2.45) is 5.92 Å². The molecule has 0 radical (unpaired) electrons. The molecule has 0 unspecified atom stereocenters. The van der Waals surface area contributed by atoms with E-state index >= 15 is 0 Å². The van der Waals surface area contributed by atoms with Crippen molar-refractivity contribution in [1.82, 2.24) is 5.32 Å². The highest BCUT2D eigenvalue weighted by Crippen LogP contribution is 2.26. The van der Waals surface area contributed by atoms with Crippen molar-refractivity contribution in [1.29, 1.82) is 0 Å². The van der Waals surface area contributed by atoms with Crippen molar-refractivity contribution >= 4 is 17.3 Å². The van der Waals surface area contributed by atoms with Crippen molar-refractivity contribution in [2.45, 2.75) is 25.7 Å². The van der Waals surface area contributed by atoms with Crippen LogP contribution in [-0.2, 0) is 4.79 Å². The van der Waals surface area contributed by atoms with E-state index in [1.807, 2.05) is 6.07 Å². The van der Waals surface area contributed by atoms with Crippen molar-refractivity contribution in [3.8, 4) is 11.5 Å². The summed E-state index contributed by atoms with van der Waals surface area (Å²) in [4.78, 5) is 22.4. The number of hydrogen-bond acceptors (Lipinski definition) is 5. The van der Waals surface area contributed by atoms with Gasteiger partial charge in [-0.3, -0.25) is 14.9 Å². The molecule has 2 aromatic rings. The number of non-ortho nitro benzene ring substituents is 1. The van der Waals surface area contributed by atoms with Crippen LogP contribution in [0.4, 0.5) is 11.4 Å². The zero-order valence-corrected chi connectivity index (χ0v) is 15.0. The molecule has 27 heavy (non-hydrogen) atoms. The van der Waals surface area contributed by atoms with E-state index in [1.54, 1.807) is 30.3 Å². The number of ether oxygens (including phenoxy) is 1. The van der Waals surface area contributed by atoms with Gasteiger partial charge in [0.1, 0.15) is 11.5 Å². The fourth-order valence-electron chi connectivity index (χ4n) is 3.14. The number of rotatable bonds is 7. The molecule has 0 aliphatic carbocycles. The minimum atomic E-state index is -0.455. The highest BCUT2D eigenvalue weighted by atomic mass is 16.6. The van der Waals surface area contributed by atoms with Crippen LogP contribution in [-0.4, -0.2) is 23.9 Å². The molecule has 0 bridgehead atoms. The second-order valence-corrected chi connectivity index (χ2v) is 6.66. The first kappa shape index (κ1) is 18.8. The van der Waals surface area contributed by atoms with Gasteiger partial charge in [0.2, 0.25) is 5.91 Å². The minimum absolute atomic E-state index is 0.000943. The fourth-order valence-corrected chi connectivity index (χ4v) is 3.14. The van der Waals surface area contributed by atoms with Gasteiger partial charge in [-0.25, -0.2) is 0 Å². The molecule has 0 atom stereocenters. The van der Waals surface area contributed by atoms with Crippen LogP contribution in [0.25, 0.3) is 0 Å². The summed E-state index contributed by atoms with van der Waals surface area (Å²) in [7, 11) is 0. The molecule has 7 heteroatoms. The van der Waals surface area contributed by atoms with Gasteiger partial charge in [-0.1, -0.05) is 6.07 Å². The summed E-state index contributed by atoms with van der Waals surface area (Å²) in [5, 5.41) is 16.9. The number of carbonyl (C=O) groups excluding carboxylic acids is 1. The Kier molecular flexibility index (Phi) is 6.38. The summed E-state index contributed by atoms with van der Waals surface area (Å²) in [6.07, 6.45) is 3.68. The number of benzene rings is 2. The average Bonchev–Trinajstić information content (AvgIpc) is 2.68. The molecule has 0 spiro atoms. The molecule has 3 rings (SSSR count). The Morgan fingerprint density at radius 1 is 1.15 bits per heavy atom. The Bertz CT molecular complexity index is 786. The van der Waals surface area contributed by atoms with Crippen LogP contribution in [0.5, 0.6) is 11.5 Å². The summed E-state index contributed by atoms with van der Waals surface area (Å²) < 4.78 is 5.71. The summed E-state index contributed by atoms with van der Waals surface area (Å²) >= 11 is 0. The fraction of sp³-hybridized carbons (Fsp3) is 0.350. The van der Waals surface area contributed by atoms with Gasteiger partial charge in [0.15, 0.2) is 0 Å². The first-order valence-corrected chi connectivity index (χ1v) is 9.13. The van der Waals surface area contributed by atoms with Gasteiger partial charge in [0, 0.05) is 30.3 Å². The molecule has 0 saturated carbocycles. The number of piperidine rings is 1. The van der Waals surface area contributed by atoms with Crippen LogP contribution >= 0.6 is 0 Å². The number of nitrogens with zero attached hydrogens (tertiary/aromatic N) is 1. The second kappa shape index (κ2) is 9.14. The van der Waals surface area contributed by atoms with E-state index in [0.29, 0.717) is 29.5 Å². The monoisotopic (exact) mass is 369 g/mol. The molecule has 1 aliphatic heterocycles. The lowest BCUT2D eigenvalue weighted by atomic mass is 9.93. The molecular weight excluding hydrogens is 346 g/mol. The Hall–Kier alpha value is -2.93. The first-order valence-electron chi connectivity index (χ1n) is 9.13. The van der Waals surface area contributed by atoms with Gasteiger partial charge in [0.25, 0.3) is 5.69 Å². The molecule has 0 aromatic heterocycles. The first-order chi connectivity index (χ1) is 13.1. The van der Waals surface area contributed by atoms with Crippen LogP contribution in [0, 0.1) is 16.0 Å². The standard InChI is InChI=1S/C20H23N3O4/c24-20(9-4-15-10-12-21-13-11-15)22-16-2-1-3-19(14-16)27-18-7-5-17(6-8-18)23(25)26/h1-3,5-8,14-15,21H,4,9-13H2,(H,22,24).